The molecule has 2 amide bonds. The first-order valence-corrected chi connectivity index (χ1v) is 6.16. The van der Waals surface area contributed by atoms with Crippen molar-refractivity contribution in [3.05, 3.63) is 36.8 Å². The van der Waals surface area contributed by atoms with Crippen LogP contribution < -0.4 is 10.6 Å². The van der Waals surface area contributed by atoms with Crippen LogP contribution in [0.1, 0.15) is 13.8 Å². The summed E-state index contributed by atoms with van der Waals surface area (Å²) in [5.41, 5.74) is 0.650. The molecule has 0 bridgehead atoms. The average Bonchev–Trinajstić information content (AvgIpc) is 2.91. The zero-order valence-corrected chi connectivity index (χ0v) is 11.0. The fourth-order valence-electron chi connectivity index (χ4n) is 1.47. The van der Waals surface area contributed by atoms with Crippen LogP contribution in [0.25, 0.3) is 5.82 Å². The van der Waals surface area contributed by atoms with Gasteiger partial charge >= 0.3 is 6.03 Å². The molecule has 0 aliphatic rings. The molecule has 2 aromatic heterocycles. The average molecular weight is 259 g/mol. The van der Waals surface area contributed by atoms with Crippen molar-refractivity contribution in [3.63, 3.8) is 0 Å². The van der Waals surface area contributed by atoms with Gasteiger partial charge in [-0.25, -0.2) is 14.5 Å². The fourth-order valence-corrected chi connectivity index (χ4v) is 1.47. The zero-order valence-electron chi connectivity index (χ0n) is 11.0. The summed E-state index contributed by atoms with van der Waals surface area (Å²) in [6, 6.07) is 5.19. The van der Waals surface area contributed by atoms with Gasteiger partial charge in [-0.3, -0.25) is 0 Å². The largest absolute Gasteiger partial charge is 0.338 e. The van der Waals surface area contributed by atoms with Gasteiger partial charge in [-0.05, 0) is 24.1 Å². The van der Waals surface area contributed by atoms with E-state index in [9.17, 15) is 4.79 Å². The van der Waals surface area contributed by atoms with E-state index in [1.807, 2.05) is 26.1 Å². The first kappa shape index (κ1) is 13.1. The zero-order chi connectivity index (χ0) is 13.7. The number of nitrogens with one attached hydrogen (secondary N) is 2. The topological polar surface area (TPSA) is 71.8 Å². The summed E-state index contributed by atoms with van der Waals surface area (Å²) in [7, 11) is 0. The lowest BCUT2D eigenvalue weighted by atomic mass is 10.2. The molecule has 2 rings (SSSR count). The monoisotopic (exact) mass is 259 g/mol. The van der Waals surface area contributed by atoms with Gasteiger partial charge in [0.15, 0.2) is 5.82 Å². The molecular weight excluding hydrogens is 242 g/mol. The molecule has 100 valence electrons. The molecule has 2 aromatic rings. The predicted octanol–water partition coefficient (Wildman–Crippen LogP) is 2.04. The third-order valence-corrected chi connectivity index (χ3v) is 2.42. The molecule has 2 N–H and O–H groups in total. The van der Waals surface area contributed by atoms with Crippen molar-refractivity contribution < 1.29 is 4.79 Å². The normalized spacial score (nSPS) is 10.5. The van der Waals surface area contributed by atoms with E-state index in [2.05, 4.69) is 20.7 Å². The standard InChI is InChI=1S/C13H17N5O/c1-10(2)8-15-13(19)17-11-4-5-12(14-9-11)18-7-3-6-16-18/h3-7,9-10H,8H2,1-2H3,(H2,15,17,19). The van der Waals surface area contributed by atoms with E-state index in [0.29, 0.717) is 24.0 Å². The van der Waals surface area contributed by atoms with E-state index in [0.717, 1.165) is 0 Å². The minimum absolute atomic E-state index is 0.220. The van der Waals surface area contributed by atoms with E-state index < -0.39 is 0 Å². The summed E-state index contributed by atoms with van der Waals surface area (Å²) in [5, 5.41) is 9.59. The second-order valence-corrected chi connectivity index (χ2v) is 4.58. The molecule has 0 atom stereocenters. The van der Waals surface area contributed by atoms with Crippen LogP contribution in [0.2, 0.25) is 0 Å². The molecule has 19 heavy (non-hydrogen) atoms. The molecule has 0 aromatic carbocycles. The van der Waals surface area contributed by atoms with Gasteiger partial charge in [-0.2, -0.15) is 5.10 Å². The molecule has 0 aliphatic carbocycles. The Labute approximate surface area is 111 Å². The van der Waals surface area contributed by atoms with Crippen LogP contribution in [0.5, 0.6) is 0 Å². The van der Waals surface area contributed by atoms with Crippen LogP contribution in [0.4, 0.5) is 10.5 Å². The van der Waals surface area contributed by atoms with Gasteiger partial charge in [-0.1, -0.05) is 13.8 Å². The van der Waals surface area contributed by atoms with E-state index in [-0.39, 0.29) is 6.03 Å². The van der Waals surface area contributed by atoms with Crippen LogP contribution in [0.15, 0.2) is 36.8 Å². The van der Waals surface area contributed by atoms with Crippen molar-refractivity contribution in [1.82, 2.24) is 20.1 Å². The molecule has 6 heteroatoms. The Balaban J connectivity index is 1.94. The number of pyridine rings is 1. The van der Waals surface area contributed by atoms with E-state index in [4.69, 9.17) is 0 Å². The molecule has 0 aliphatic heterocycles. The molecule has 6 nitrogen and oxygen atoms in total. The number of rotatable bonds is 4. The Morgan fingerprint density at radius 2 is 2.26 bits per heavy atom. The molecule has 0 saturated carbocycles. The SMILES string of the molecule is CC(C)CNC(=O)Nc1ccc(-n2cccn2)nc1. The Bertz CT molecular complexity index is 518. The van der Waals surface area contributed by atoms with Gasteiger partial charge < -0.3 is 10.6 Å². The first-order valence-electron chi connectivity index (χ1n) is 6.16. The molecule has 0 unspecified atom stereocenters. The number of amides is 2. The van der Waals surface area contributed by atoms with Gasteiger partial charge in [0.1, 0.15) is 0 Å². The van der Waals surface area contributed by atoms with Crippen molar-refractivity contribution in [2.75, 3.05) is 11.9 Å². The Morgan fingerprint density at radius 3 is 2.84 bits per heavy atom. The third-order valence-electron chi connectivity index (χ3n) is 2.42. The van der Waals surface area contributed by atoms with Gasteiger partial charge in [0, 0.05) is 18.9 Å². The highest BCUT2D eigenvalue weighted by molar-refractivity contribution is 5.89. The lowest BCUT2D eigenvalue weighted by molar-refractivity contribution is 0.251. The quantitative estimate of drug-likeness (QED) is 0.882. The van der Waals surface area contributed by atoms with Crippen molar-refractivity contribution in [2.24, 2.45) is 5.92 Å². The summed E-state index contributed by atoms with van der Waals surface area (Å²) >= 11 is 0. The molecular formula is C13H17N5O. The number of anilines is 1. The minimum Gasteiger partial charge on any atom is -0.338 e. The summed E-state index contributed by atoms with van der Waals surface area (Å²) in [6.07, 6.45) is 5.10. The first-order chi connectivity index (χ1) is 9.15. The van der Waals surface area contributed by atoms with Gasteiger partial charge in [0.2, 0.25) is 0 Å². The molecule has 2 heterocycles. The highest BCUT2D eigenvalue weighted by Gasteiger charge is 2.03. The van der Waals surface area contributed by atoms with Crippen LogP contribution in [0, 0.1) is 5.92 Å². The van der Waals surface area contributed by atoms with Crippen LogP contribution >= 0.6 is 0 Å². The van der Waals surface area contributed by atoms with Crippen LogP contribution in [-0.2, 0) is 0 Å². The van der Waals surface area contributed by atoms with E-state index in [1.165, 1.54) is 0 Å². The lowest BCUT2D eigenvalue weighted by Gasteiger charge is -2.09. The Hall–Kier alpha value is -2.37. The number of hydrogen-bond donors (Lipinski definition) is 2. The molecule has 0 saturated heterocycles. The van der Waals surface area contributed by atoms with Gasteiger partial charge in [-0.15, -0.1) is 0 Å². The Morgan fingerprint density at radius 1 is 1.42 bits per heavy atom. The molecule has 0 spiro atoms. The van der Waals surface area contributed by atoms with E-state index in [1.54, 1.807) is 29.2 Å². The van der Waals surface area contributed by atoms with Gasteiger partial charge in [0.05, 0.1) is 11.9 Å². The lowest BCUT2D eigenvalue weighted by Crippen LogP contribution is -2.31. The number of aromatic nitrogens is 3. The number of urea groups is 1. The second kappa shape index (κ2) is 5.99. The maximum Gasteiger partial charge on any atom is 0.319 e. The van der Waals surface area contributed by atoms with Crippen molar-refractivity contribution >= 4 is 11.7 Å². The predicted molar refractivity (Wildman–Crippen MR) is 73.2 cm³/mol. The smallest absolute Gasteiger partial charge is 0.319 e. The van der Waals surface area contributed by atoms with Crippen molar-refractivity contribution in [2.45, 2.75) is 13.8 Å². The van der Waals surface area contributed by atoms with E-state index >= 15 is 0 Å². The third kappa shape index (κ3) is 3.80. The number of carbonyl (C=O) groups is 1. The molecule has 0 fully saturated rings. The maximum atomic E-state index is 11.6. The fraction of sp³-hybridized carbons (Fsp3) is 0.308. The Kier molecular flexibility index (Phi) is 4.12. The highest BCUT2D eigenvalue weighted by atomic mass is 16.2. The number of nitrogens with zero attached hydrogens (tertiary/aromatic N) is 3. The minimum atomic E-state index is -0.220. The summed E-state index contributed by atoms with van der Waals surface area (Å²) in [5.74, 6) is 1.13. The van der Waals surface area contributed by atoms with Crippen LogP contribution in [-0.4, -0.2) is 27.3 Å². The van der Waals surface area contributed by atoms with Crippen molar-refractivity contribution in [3.8, 4) is 5.82 Å². The number of carbonyl (C=O) groups excluding carboxylic acids is 1. The van der Waals surface area contributed by atoms with Gasteiger partial charge in [0.25, 0.3) is 0 Å². The maximum absolute atomic E-state index is 11.6. The van der Waals surface area contributed by atoms with Crippen LogP contribution in [0.3, 0.4) is 0 Å². The molecule has 0 radical (unpaired) electrons. The summed E-state index contributed by atoms with van der Waals surface area (Å²) in [6.45, 7) is 4.73. The summed E-state index contributed by atoms with van der Waals surface area (Å²) < 4.78 is 1.66. The summed E-state index contributed by atoms with van der Waals surface area (Å²) in [4.78, 5) is 15.8. The van der Waals surface area contributed by atoms with Crippen molar-refractivity contribution in [1.29, 1.82) is 0 Å². The highest BCUT2D eigenvalue weighted by Crippen LogP contribution is 2.08. The number of hydrogen-bond acceptors (Lipinski definition) is 3. The second-order valence-electron chi connectivity index (χ2n) is 4.58.